The highest BCUT2D eigenvalue weighted by Gasteiger charge is 2.42. The molecule has 28 heavy (non-hydrogen) atoms. The molecule has 4 nitrogen and oxygen atoms in total. The third-order valence-electron chi connectivity index (χ3n) is 6.56. The first kappa shape index (κ1) is 21.1. The van der Waals surface area contributed by atoms with Crippen LogP contribution in [0.2, 0.25) is 0 Å². The van der Waals surface area contributed by atoms with Gasteiger partial charge >= 0.3 is 5.97 Å². The summed E-state index contributed by atoms with van der Waals surface area (Å²) >= 11 is 0. The van der Waals surface area contributed by atoms with E-state index < -0.39 is 0 Å². The minimum atomic E-state index is -0.138. The number of ether oxygens (including phenoxy) is 1. The van der Waals surface area contributed by atoms with Crippen molar-refractivity contribution in [1.82, 2.24) is 4.90 Å². The second kappa shape index (κ2) is 9.25. The predicted octanol–water partition coefficient (Wildman–Crippen LogP) is 4.73. The lowest BCUT2D eigenvalue weighted by Crippen LogP contribution is -2.48. The first-order valence-corrected chi connectivity index (χ1v) is 10.9. The van der Waals surface area contributed by atoms with E-state index >= 15 is 0 Å². The molecule has 3 rings (SSSR count). The Labute approximate surface area is 168 Å². The average Bonchev–Trinajstić information content (AvgIpc) is 3.00. The Hall–Kier alpha value is -1.62. The minimum absolute atomic E-state index is 0.0707. The highest BCUT2D eigenvalue weighted by atomic mass is 19.1. The van der Waals surface area contributed by atoms with Crippen LogP contribution in [0.25, 0.3) is 0 Å². The quantitative estimate of drug-likeness (QED) is 0.652. The second-order valence-corrected chi connectivity index (χ2v) is 8.65. The number of carbonyl (C=O) groups excluding carboxylic acids is 1. The maximum atomic E-state index is 13.8. The largest absolute Gasteiger partial charge is 0.466 e. The second-order valence-electron chi connectivity index (χ2n) is 8.65. The van der Waals surface area contributed by atoms with E-state index in [-0.39, 0.29) is 17.2 Å². The fraction of sp³-hybridized carbons (Fsp3) is 0.696. The normalized spacial score (nSPS) is 20.4. The molecule has 0 amide bonds. The van der Waals surface area contributed by atoms with E-state index in [1.165, 1.54) is 0 Å². The smallest absolute Gasteiger partial charge is 0.306 e. The van der Waals surface area contributed by atoms with Crippen LogP contribution in [0.1, 0.15) is 64.9 Å². The summed E-state index contributed by atoms with van der Waals surface area (Å²) in [5, 5.41) is 3.49. The molecule has 1 spiro atoms. The highest BCUT2D eigenvalue weighted by Crippen LogP contribution is 2.44. The molecular formula is C23H35FN2O2. The predicted molar refractivity (Wildman–Crippen MR) is 111 cm³/mol. The molecule has 2 unspecified atom stereocenters. The lowest BCUT2D eigenvalue weighted by atomic mass is 9.73. The van der Waals surface area contributed by atoms with Gasteiger partial charge < -0.3 is 15.0 Å². The van der Waals surface area contributed by atoms with E-state index in [1.807, 2.05) is 13.0 Å². The van der Waals surface area contributed by atoms with Crippen molar-refractivity contribution in [1.29, 1.82) is 0 Å². The molecule has 1 N–H and O–H groups in total. The van der Waals surface area contributed by atoms with Crippen LogP contribution in [0.3, 0.4) is 0 Å². The number of nitrogens with zero attached hydrogens (tertiary/aromatic N) is 1. The lowest BCUT2D eigenvalue weighted by molar-refractivity contribution is -0.144. The molecule has 0 aliphatic carbocycles. The Bertz CT molecular complexity index is 671. The molecule has 2 aliphatic heterocycles. The molecule has 5 heteroatoms. The summed E-state index contributed by atoms with van der Waals surface area (Å²) in [4.78, 5) is 14.4. The van der Waals surface area contributed by atoms with Crippen molar-refractivity contribution < 1.29 is 13.9 Å². The van der Waals surface area contributed by atoms with Crippen LogP contribution in [0.4, 0.5) is 10.1 Å². The zero-order chi connectivity index (χ0) is 20.1. The molecule has 1 aromatic rings. The molecule has 2 heterocycles. The number of rotatable bonds is 8. The van der Waals surface area contributed by atoms with E-state index in [9.17, 15) is 9.18 Å². The molecule has 1 aromatic carbocycles. The van der Waals surface area contributed by atoms with Gasteiger partial charge in [-0.25, -0.2) is 4.39 Å². The van der Waals surface area contributed by atoms with E-state index in [2.05, 4.69) is 24.1 Å². The Balaban J connectivity index is 1.61. The van der Waals surface area contributed by atoms with E-state index in [1.54, 1.807) is 12.1 Å². The maximum absolute atomic E-state index is 13.8. The van der Waals surface area contributed by atoms with E-state index in [0.29, 0.717) is 25.0 Å². The van der Waals surface area contributed by atoms with Crippen LogP contribution in [-0.2, 0) is 14.9 Å². The van der Waals surface area contributed by atoms with Gasteiger partial charge in [0.15, 0.2) is 0 Å². The number of hydrogen-bond donors (Lipinski definition) is 1. The topological polar surface area (TPSA) is 41.6 Å². The van der Waals surface area contributed by atoms with Crippen molar-refractivity contribution in [3.8, 4) is 0 Å². The van der Waals surface area contributed by atoms with E-state index in [4.69, 9.17) is 4.74 Å². The molecule has 0 saturated carbocycles. The van der Waals surface area contributed by atoms with Gasteiger partial charge in [-0.3, -0.25) is 4.79 Å². The van der Waals surface area contributed by atoms with Crippen molar-refractivity contribution >= 4 is 11.7 Å². The average molecular weight is 391 g/mol. The number of carbonyl (C=O) groups is 1. The van der Waals surface area contributed by atoms with Crippen molar-refractivity contribution in [3.05, 3.63) is 29.6 Å². The van der Waals surface area contributed by atoms with Gasteiger partial charge in [-0.05, 0) is 75.4 Å². The van der Waals surface area contributed by atoms with Crippen LogP contribution >= 0.6 is 0 Å². The summed E-state index contributed by atoms with van der Waals surface area (Å²) < 4.78 is 18.9. The first-order valence-electron chi connectivity index (χ1n) is 10.9. The molecule has 2 aliphatic rings. The van der Waals surface area contributed by atoms with Gasteiger partial charge in [0, 0.05) is 30.1 Å². The monoisotopic (exact) mass is 390 g/mol. The van der Waals surface area contributed by atoms with Crippen molar-refractivity contribution in [3.63, 3.8) is 0 Å². The number of nitrogens with one attached hydrogen (secondary N) is 1. The summed E-state index contributed by atoms with van der Waals surface area (Å²) in [7, 11) is 0. The standard InChI is InChI=1S/C23H35FN2O2/c1-4-6-19(13-17(3)14-22(27)28-5-2)26-11-9-23(10-12-26)16-25-21-8-7-18(24)15-20(21)23/h7-8,15,17,19,25H,4-6,9-14,16H2,1-3H3. The molecular weight excluding hydrogens is 355 g/mol. The van der Waals surface area contributed by atoms with E-state index in [0.717, 1.165) is 63.0 Å². The molecule has 156 valence electrons. The summed E-state index contributed by atoms with van der Waals surface area (Å²) in [5.74, 6) is 0.105. The molecule has 1 fully saturated rings. The summed E-state index contributed by atoms with van der Waals surface area (Å²) in [6, 6.07) is 5.66. The van der Waals surface area contributed by atoms with Gasteiger partial charge in [-0.2, -0.15) is 0 Å². The Morgan fingerprint density at radius 2 is 2.07 bits per heavy atom. The van der Waals surface area contributed by atoms with Gasteiger partial charge in [0.25, 0.3) is 0 Å². The molecule has 0 aromatic heterocycles. The van der Waals surface area contributed by atoms with Gasteiger partial charge in [0.05, 0.1) is 6.61 Å². The van der Waals surface area contributed by atoms with Crippen molar-refractivity contribution in [2.24, 2.45) is 5.92 Å². The first-order chi connectivity index (χ1) is 13.5. The number of halogens is 1. The zero-order valence-electron chi connectivity index (χ0n) is 17.6. The SMILES string of the molecule is CCCC(CC(C)CC(=O)OCC)N1CCC2(CC1)CNc1ccc(F)cc12. The fourth-order valence-electron chi connectivity index (χ4n) is 5.07. The Morgan fingerprint density at radius 3 is 2.75 bits per heavy atom. The zero-order valence-corrected chi connectivity index (χ0v) is 17.6. The summed E-state index contributed by atoms with van der Waals surface area (Å²) in [5.41, 5.74) is 2.33. The van der Waals surface area contributed by atoms with Gasteiger partial charge in [-0.15, -0.1) is 0 Å². The number of likely N-dealkylation sites (tertiary alicyclic amines) is 1. The van der Waals surface area contributed by atoms with Crippen LogP contribution in [0.5, 0.6) is 0 Å². The highest BCUT2D eigenvalue weighted by molar-refractivity contribution is 5.69. The molecule has 1 saturated heterocycles. The van der Waals surface area contributed by atoms with Crippen LogP contribution in [0, 0.1) is 11.7 Å². The summed E-state index contributed by atoms with van der Waals surface area (Å²) in [6.45, 7) is 9.68. The van der Waals surface area contributed by atoms with Crippen LogP contribution < -0.4 is 5.32 Å². The van der Waals surface area contributed by atoms with Crippen molar-refractivity contribution in [2.45, 2.75) is 70.8 Å². The molecule has 2 atom stereocenters. The number of hydrogen-bond acceptors (Lipinski definition) is 4. The van der Waals surface area contributed by atoms with Gasteiger partial charge in [-0.1, -0.05) is 20.3 Å². The third-order valence-corrected chi connectivity index (χ3v) is 6.56. The maximum Gasteiger partial charge on any atom is 0.306 e. The number of benzene rings is 1. The van der Waals surface area contributed by atoms with Crippen LogP contribution in [0.15, 0.2) is 18.2 Å². The molecule has 0 radical (unpaired) electrons. The van der Waals surface area contributed by atoms with Crippen LogP contribution in [-0.4, -0.2) is 43.2 Å². The number of esters is 1. The van der Waals surface area contributed by atoms with Gasteiger partial charge in [0.1, 0.15) is 5.82 Å². The third kappa shape index (κ3) is 4.68. The summed E-state index contributed by atoms with van der Waals surface area (Å²) in [6.07, 6.45) is 5.95. The Kier molecular flexibility index (Phi) is 6.97. The van der Waals surface area contributed by atoms with Crippen molar-refractivity contribution in [2.75, 3.05) is 31.6 Å². The number of piperidine rings is 1. The number of anilines is 1. The number of fused-ring (bicyclic) bond motifs is 2. The molecule has 0 bridgehead atoms. The Morgan fingerprint density at radius 1 is 1.32 bits per heavy atom. The lowest BCUT2D eigenvalue weighted by Gasteiger charge is -2.43. The van der Waals surface area contributed by atoms with Gasteiger partial charge in [0.2, 0.25) is 0 Å². The minimum Gasteiger partial charge on any atom is -0.466 e. The fourth-order valence-corrected chi connectivity index (χ4v) is 5.07.